The van der Waals surface area contributed by atoms with E-state index in [-0.39, 0.29) is 12.5 Å². The second kappa shape index (κ2) is 10.6. The third-order valence-corrected chi connectivity index (χ3v) is 5.51. The van der Waals surface area contributed by atoms with Gasteiger partial charge in [0.25, 0.3) is 5.91 Å². The van der Waals surface area contributed by atoms with E-state index in [0.29, 0.717) is 24.1 Å². The first kappa shape index (κ1) is 22.3. The lowest BCUT2D eigenvalue weighted by molar-refractivity contribution is -0.117. The molecule has 1 aliphatic heterocycles. The van der Waals surface area contributed by atoms with Crippen LogP contribution in [0.4, 0.5) is 0 Å². The van der Waals surface area contributed by atoms with E-state index < -0.39 is 5.91 Å². The van der Waals surface area contributed by atoms with Gasteiger partial charge in [0.15, 0.2) is 5.96 Å². The molecule has 2 heterocycles. The molecular formula is C22H31N7O2. The summed E-state index contributed by atoms with van der Waals surface area (Å²) in [6.07, 6.45) is 6.82. The lowest BCUT2D eigenvalue weighted by Crippen LogP contribution is -2.49. The van der Waals surface area contributed by atoms with Gasteiger partial charge in [-0.15, -0.1) is 0 Å². The van der Waals surface area contributed by atoms with Crippen molar-refractivity contribution in [3.05, 3.63) is 54.1 Å². The third-order valence-electron chi connectivity index (χ3n) is 5.51. The van der Waals surface area contributed by atoms with Gasteiger partial charge in [-0.2, -0.15) is 0 Å². The van der Waals surface area contributed by atoms with Gasteiger partial charge < -0.3 is 25.8 Å². The molecule has 0 radical (unpaired) electrons. The maximum atomic E-state index is 12.0. The minimum absolute atomic E-state index is 0.175. The number of imidazole rings is 1. The molecule has 2 unspecified atom stereocenters. The number of carbonyl (C=O) groups excluding carboxylic acids is 2. The van der Waals surface area contributed by atoms with Crippen LogP contribution in [0.1, 0.15) is 42.2 Å². The van der Waals surface area contributed by atoms with Gasteiger partial charge in [0.05, 0.1) is 25.5 Å². The van der Waals surface area contributed by atoms with Crippen LogP contribution in [0.5, 0.6) is 0 Å². The standard InChI is InChI=1S/C22H31N7O2/c1-3-25-22(28-10-8-16(2)19(14-28)29-11-9-24-15-29)27-12-17-4-6-18(7-5-17)21(31)26-13-20(23)30/h4-7,9,11,15-16,19H,3,8,10,12-14H2,1-2H3,(H2,23,30)(H,25,27)(H,26,31). The van der Waals surface area contributed by atoms with E-state index in [2.05, 4.69) is 38.9 Å². The van der Waals surface area contributed by atoms with Gasteiger partial charge >= 0.3 is 0 Å². The topological polar surface area (TPSA) is 118 Å². The van der Waals surface area contributed by atoms with Crippen molar-refractivity contribution in [2.24, 2.45) is 16.6 Å². The average molecular weight is 426 g/mol. The number of carbonyl (C=O) groups is 2. The number of hydrogen-bond acceptors (Lipinski definition) is 4. The Morgan fingerprint density at radius 1 is 1.26 bits per heavy atom. The molecule has 0 saturated carbocycles. The van der Waals surface area contributed by atoms with Gasteiger partial charge in [0, 0.05) is 37.6 Å². The van der Waals surface area contributed by atoms with E-state index in [4.69, 9.17) is 10.7 Å². The van der Waals surface area contributed by atoms with Crippen LogP contribution in [-0.4, -0.2) is 58.4 Å². The van der Waals surface area contributed by atoms with E-state index in [9.17, 15) is 9.59 Å². The fourth-order valence-electron chi connectivity index (χ4n) is 3.72. The summed E-state index contributed by atoms with van der Waals surface area (Å²) in [5.41, 5.74) is 6.54. The minimum atomic E-state index is -0.572. The second-order valence-corrected chi connectivity index (χ2v) is 7.81. The summed E-state index contributed by atoms with van der Waals surface area (Å²) in [5.74, 6) is 0.567. The molecule has 0 bridgehead atoms. The van der Waals surface area contributed by atoms with Crippen molar-refractivity contribution >= 4 is 17.8 Å². The molecule has 31 heavy (non-hydrogen) atoms. The van der Waals surface area contributed by atoms with Crippen molar-refractivity contribution < 1.29 is 9.59 Å². The molecule has 1 saturated heterocycles. The number of guanidine groups is 1. The average Bonchev–Trinajstić information content (AvgIpc) is 3.30. The highest BCUT2D eigenvalue weighted by atomic mass is 16.2. The molecule has 1 aromatic carbocycles. The molecule has 2 atom stereocenters. The van der Waals surface area contributed by atoms with Crippen LogP contribution in [0.3, 0.4) is 0 Å². The Balaban J connectivity index is 1.65. The summed E-state index contributed by atoms with van der Waals surface area (Å²) in [5, 5.41) is 5.89. The predicted octanol–water partition coefficient (Wildman–Crippen LogP) is 1.15. The first-order chi connectivity index (χ1) is 15.0. The Bertz CT molecular complexity index is 893. The maximum absolute atomic E-state index is 12.0. The number of rotatable bonds is 7. The summed E-state index contributed by atoms with van der Waals surface area (Å²) in [7, 11) is 0. The fourth-order valence-corrected chi connectivity index (χ4v) is 3.72. The molecule has 1 aliphatic rings. The zero-order valence-electron chi connectivity index (χ0n) is 18.1. The molecule has 1 aromatic heterocycles. The zero-order valence-corrected chi connectivity index (χ0v) is 18.1. The summed E-state index contributed by atoms with van der Waals surface area (Å²) in [6.45, 7) is 7.31. The van der Waals surface area contributed by atoms with Crippen molar-refractivity contribution in [1.29, 1.82) is 0 Å². The van der Waals surface area contributed by atoms with E-state index in [1.165, 1.54) is 0 Å². The normalized spacial score (nSPS) is 19.2. The summed E-state index contributed by atoms with van der Waals surface area (Å²) in [4.78, 5) is 34.1. The van der Waals surface area contributed by atoms with Crippen molar-refractivity contribution in [2.75, 3.05) is 26.2 Å². The Morgan fingerprint density at radius 2 is 2.03 bits per heavy atom. The van der Waals surface area contributed by atoms with Crippen LogP contribution < -0.4 is 16.4 Å². The first-order valence-electron chi connectivity index (χ1n) is 10.6. The number of hydrogen-bond donors (Lipinski definition) is 3. The SMILES string of the molecule is CCNC(=NCc1ccc(C(=O)NCC(N)=O)cc1)N1CCC(C)C(n2ccnc2)C1. The fraction of sp³-hybridized carbons (Fsp3) is 0.455. The van der Waals surface area contributed by atoms with Gasteiger partial charge in [0.1, 0.15) is 0 Å². The number of amides is 2. The molecule has 0 aliphatic carbocycles. The number of nitrogens with zero attached hydrogens (tertiary/aromatic N) is 4. The molecule has 3 rings (SSSR count). The smallest absolute Gasteiger partial charge is 0.251 e. The molecular weight excluding hydrogens is 394 g/mol. The minimum Gasteiger partial charge on any atom is -0.368 e. The van der Waals surface area contributed by atoms with E-state index in [0.717, 1.165) is 37.6 Å². The first-order valence-corrected chi connectivity index (χ1v) is 10.6. The van der Waals surface area contributed by atoms with Crippen LogP contribution >= 0.6 is 0 Å². The van der Waals surface area contributed by atoms with Crippen LogP contribution in [0.15, 0.2) is 48.0 Å². The summed E-state index contributed by atoms with van der Waals surface area (Å²) in [6, 6.07) is 7.56. The van der Waals surface area contributed by atoms with Crippen LogP contribution in [-0.2, 0) is 11.3 Å². The number of primary amides is 1. The lowest BCUT2D eigenvalue weighted by atomic mass is 9.93. The molecule has 166 valence electrons. The number of aromatic nitrogens is 2. The van der Waals surface area contributed by atoms with Crippen molar-refractivity contribution in [3.8, 4) is 0 Å². The highest BCUT2D eigenvalue weighted by Gasteiger charge is 2.28. The Hall–Kier alpha value is -3.36. The third kappa shape index (κ3) is 6.07. The highest BCUT2D eigenvalue weighted by molar-refractivity contribution is 5.96. The number of piperidine rings is 1. The predicted molar refractivity (Wildman–Crippen MR) is 119 cm³/mol. The monoisotopic (exact) mass is 425 g/mol. The van der Waals surface area contributed by atoms with Gasteiger partial charge in [0.2, 0.25) is 5.91 Å². The second-order valence-electron chi connectivity index (χ2n) is 7.81. The molecule has 2 aromatic rings. The van der Waals surface area contributed by atoms with Crippen molar-refractivity contribution in [3.63, 3.8) is 0 Å². The molecule has 1 fully saturated rings. The van der Waals surface area contributed by atoms with Gasteiger partial charge in [-0.25, -0.2) is 9.98 Å². The van der Waals surface area contributed by atoms with Crippen molar-refractivity contribution in [2.45, 2.75) is 32.9 Å². The van der Waals surface area contributed by atoms with Crippen molar-refractivity contribution in [1.82, 2.24) is 25.1 Å². The number of benzene rings is 1. The number of likely N-dealkylation sites (tertiary alicyclic amines) is 1. The molecule has 2 amide bonds. The molecule has 0 spiro atoms. The van der Waals surface area contributed by atoms with Gasteiger partial charge in [-0.1, -0.05) is 19.1 Å². The number of nitrogens with one attached hydrogen (secondary N) is 2. The quantitative estimate of drug-likeness (QED) is 0.454. The van der Waals surface area contributed by atoms with Gasteiger partial charge in [-0.05, 0) is 37.0 Å². The summed E-state index contributed by atoms with van der Waals surface area (Å²) >= 11 is 0. The van der Waals surface area contributed by atoms with E-state index in [1.807, 2.05) is 30.9 Å². The maximum Gasteiger partial charge on any atom is 0.251 e. The van der Waals surface area contributed by atoms with Crippen LogP contribution in [0, 0.1) is 5.92 Å². The molecule has 9 heteroatoms. The molecule has 4 N–H and O–H groups in total. The largest absolute Gasteiger partial charge is 0.368 e. The number of aliphatic imine (C=N–C) groups is 1. The Labute approximate surface area is 182 Å². The summed E-state index contributed by atoms with van der Waals surface area (Å²) < 4.78 is 2.18. The highest BCUT2D eigenvalue weighted by Crippen LogP contribution is 2.27. The molecule has 9 nitrogen and oxygen atoms in total. The number of nitrogens with two attached hydrogens (primary N) is 1. The van der Waals surface area contributed by atoms with E-state index >= 15 is 0 Å². The van der Waals surface area contributed by atoms with E-state index in [1.54, 1.807) is 12.1 Å². The zero-order chi connectivity index (χ0) is 22.2. The Kier molecular flexibility index (Phi) is 7.64. The van der Waals surface area contributed by atoms with Gasteiger partial charge in [-0.3, -0.25) is 9.59 Å². The Morgan fingerprint density at radius 3 is 2.68 bits per heavy atom. The lowest BCUT2D eigenvalue weighted by Gasteiger charge is -2.39. The van der Waals surface area contributed by atoms with Crippen LogP contribution in [0.2, 0.25) is 0 Å². The van der Waals surface area contributed by atoms with Crippen LogP contribution in [0.25, 0.3) is 0 Å².